The van der Waals surface area contributed by atoms with Crippen molar-refractivity contribution in [3.63, 3.8) is 0 Å². The molecule has 2 aromatic carbocycles. The molecule has 1 N–H and O–H groups in total. The average Bonchev–Trinajstić information content (AvgIpc) is 3.03. The lowest BCUT2D eigenvalue weighted by atomic mass is 10.0. The minimum absolute atomic E-state index is 0.0117. The summed E-state index contributed by atoms with van der Waals surface area (Å²) >= 11 is 0. The molecule has 0 aromatic heterocycles. The molecule has 3 rings (SSSR count). The maximum atomic E-state index is 13.5. The fraction of sp³-hybridized carbons (Fsp3) is 0.333. The molecular weight excluding hydrogens is 464 g/mol. The van der Waals surface area contributed by atoms with Crippen molar-refractivity contribution in [1.29, 1.82) is 0 Å². The summed E-state index contributed by atoms with van der Waals surface area (Å²) < 4.78 is 35.6. The van der Waals surface area contributed by atoms with Crippen molar-refractivity contribution in [3.8, 4) is 11.5 Å². The van der Waals surface area contributed by atoms with Gasteiger partial charge in [0.1, 0.15) is 0 Å². The third-order valence-electron chi connectivity index (χ3n) is 5.30. The van der Waals surface area contributed by atoms with Gasteiger partial charge in [-0.2, -0.15) is 8.78 Å². The Morgan fingerprint density at radius 1 is 1.09 bits per heavy atom. The minimum atomic E-state index is -3.09. The number of rotatable bonds is 9. The summed E-state index contributed by atoms with van der Waals surface area (Å²) in [6.45, 7) is -0.0265. The van der Waals surface area contributed by atoms with Crippen LogP contribution >= 0.6 is 0 Å². The highest BCUT2D eigenvalue weighted by Crippen LogP contribution is 2.39. The summed E-state index contributed by atoms with van der Waals surface area (Å²) in [6.07, 6.45) is -0.269. The van der Waals surface area contributed by atoms with Crippen LogP contribution in [0.5, 0.6) is 11.5 Å². The molecule has 1 aliphatic heterocycles. The third-order valence-corrected chi connectivity index (χ3v) is 5.30. The summed E-state index contributed by atoms with van der Waals surface area (Å²) in [6, 6.07) is 7.40. The molecule has 0 saturated heterocycles. The van der Waals surface area contributed by atoms with Crippen molar-refractivity contribution >= 4 is 29.3 Å². The van der Waals surface area contributed by atoms with Crippen molar-refractivity contribution in [3.05, 3.63) is 53.1 Å². The van der Waals surface area contributed by atoms with E-state index in [1.165, 1.54) is 62.3 Å². The number of imide groups is 1. The van der Waals surface area contributed by atoms with Crippen LogP contribution in [0.15, 0.2) is 36.4 Å². The smallest absolute Gasteiger partial charge is 0.387 e. The Bertz CT molecular complexity index is 1170. The molecule has 9 nitrogen and oxygen atoms in total. The van der Waals surface area contributed by atoms with Crippen LogP contribution in [-0.2, 0) is 9.59 Å². The summed E-state index contributed by atoms with van der Waals surface area (Å²) in [5.74, 6) is -2.40. The van der Waals surface area contributed by atoms with Crippen LogP contribution in [0.3, 0.4) is 0 Å². The highest BCUT2D eigenvalue weighted by molar-refractivity contribution is 6.24. The first kappa shape index (κ1) is 25.6. The third kappa shape index (κ3) is 5.39. The molecule has 0 bridgehead atoms. The van der Waals surface area contributed by atoms with E-state index in [0.29, 0.717) is 5.56 Å². The van der Waals surface area contributed by atoms with E-state index in [-0.39, 0.29) is 47.2 Å². The Labute approximate surface area is 200 Å². The van der Waals surface area contributed by atoms with Gasteiger partial charge in [0.15, 0.2) is 11.5 Å². The molecular formula is C24H25F2N3O6. The molecule has 11 heteroatoms. The van der Waals surface area contributed by atoms with Gasteiger partial charge in [-0.05, 0) is 36.8 Å². The van der Waals surface area contributed by atoms with E-state index in [4.69, 9.17) is 4.74 Å². The monoisotopic (exact) mass is 489 g/mol. The quantitative estimate of drug-likeness (QED) is 0.541. The van der Waals surface area contributed by atoms with Gasteiger partial charge in [-0.3, -0.25) is 24.1 Å². The predicted octanol–water partition coefficient (Wildman–Crippen LogP) is 3.46. The number of benzene rings is 2. The number of ether oxygens (including phenoxy) is 2. The summed E-state index contributed by atoms with van der Waals surface area (Å²) in [5.41, 5.74) is 0.564. The number of carbonyl (C=O) groups is 4. The largest absolute Gasteiger partial charge is 0.490 e. The number of anilines is 1. The number of carbonyl (C=O) groups excluding carboxylic acids is 4. The van der Waals surface area contributed by atoms with Crippen molar-refractivity contribution in [2.45, 2.75) is 32.9 Å². The number of fused-ring (bicyclic) bond motifs is 1. The molecule has 35 heavy (non-hydrogen) atoms. The van der Waals surface area contributed by atoms with Crippen LogP contribution in [-0.4, -0.2) is 60.7 Å². The van der Waals surface area contributed by atoms with Crippen LogP contribution in [0.1, 0.15) is 52.6 Å². The molecule has 186 valence electrons. The van der Waals surface area contributed by atoms with Crippen LogP contribution in [0.25, 0.3) is 0 Å². The number of amides is 4. The SMILES string of the molecule is CCOc1cc(C(CC(=O)N(C)C)N2C(=O)c3cccc(NC(C)=O)c3C2=O)ccc1OC(F)F. The second-order valence-corrected chi connectivity index (χ2v) is 7.92. The number of nitrogens with zero attached hydrogens (tertiary/aromatic N) is 2. The molecule has 1 atom stereocenters. The molecule has 0 fully saturated rings. The van der Waals surface area contributed by atoms with Gasteiger partial charge < -0.3 is 19.7 Å². The molecule has 0 radical (unpaired) electrons. The number of halogens is 2. The van der Waals surface area contributed by atoms with Gasteiger partial charge in [0.05, 0.1) is 35.9 Å². The van der Waals surface area contributed by atoms with E-state index < -0.39 is 30.4 Å². The molecule has 1 heterocycles. The van der Waals surface area contributed by atoms with E-state index in [1.807, 2.05) is 0 Å². The molecule has 1 aliphatic rings. The first-order chi connectivity index (χ1) is 16.5. The second-order valence-electron chi connectivity index (χ2n) is 7.92. The fourth-order valence-corrected chi connectivity index (χ4v) is 3.78. The molecule has 1 unspecified atom stereocenters. The molecule has 0 saturated carbocycles. The number of alkyl halides is 2. The molecule has 4 amide bonds. The minimum Gasteiger partial charge on any atom is -0.490 e. The van der Waals surface area contributed by atoms with Crippen LogP contribution in [0, 0.1) is 0 Å². The average molecular weight is 489 g/mol. The zero-order valence-corrected chi connectivity index (χ0v) is 19.6. The van der Waals surface area contributed by atoms with Crippen LogP contribution in [0.4, 0.5) is 14.5 Å². The van der Waals surface area contributed by atoms with Gasteiger partial charge in [0.2, 0.25) is 11.8 Å². The lowest BCUT2D eigenvalue weighted by molar-refractivity contribution is -0.129. The van der Waals surface area contributed by atoms with Crippen molar-refractivity contribution in [2.75, 3.05) is 26.0 Å². The lowest BCUT2D eigenvalue weighted by Crippen LogP contribution is -2.37. The standard InChI is InChI=1S/C24H25F2N3O6/c1-5-34-19-11-14(9-10-18(19)35-24(25)26)17(12-20(31)28(3)4)29-22(32)15-7-6-8-16(27-13(2)30)21(15)23(29)33/h6-11,17,24H,5,12H2,1-4H3,(H,27,30). The Balaban J connectivity index is 2.11. The zero-order chi connectivity index (χ0) is 25.9. The van der Waals surface area contributed by atoms with Gasteiger partial charge in [0.25, 0.3) is 11.8 Å². The van der Waals surface area contributed by atoms with E-state index in [1.54, 1.807) is 6.92 Å². The Hall–Kier alpha value is -4.02. The van der Waals surface area contributed by atoms with E-state index >= 15 is 0 Å². The number of hydrogen-bond acceptors (Lipinski definition) is 6. The summed E-state index contributed by atoms with van der Waals surface area (Å²) in [4.78, 5) is 53.4. The molecule has 2 aromatic rings. The van der Waals surface area contributed by atoms with Gasteiger partial charge >= 0.3 is 6.61 Å². The Morgan fingerprint density at radius 3 is 2.40 bits per heavy atom. The fourth-order valence-electron chi connectivity index (χ4n) is 3.78. The number of nitrogens with one attached hydrogen (secondary N) is 1. The van der Waals surface area contributed by atoms with Gasteiger partial charge in [-0.15, -0.1) is 0 Å². The van der Waals surface area contributed by atoms with E-state index in [0.717, 1.165) is 4.90 Å². The Morgan fingerprint density at radius 2 is 1.80 bits per heavy atom. The Kier molecular flexibility index (Phi) is 7.68. The van der Waals surface area contributed by atoms with Crippen molar-refractivity contribution < 1.29 is 37.4 Å². The van der Waals surface area contributed by atoms with Crippen LogP contribution in [0.2, 0.25) is 0 Å². The van der Waals surface area contributed by atoms with E-state index in [9.17, 15) is 28.0 Å². The van der Waals surface area contributed by atoms with Crippen molar-refractivity contribution in [1.82, 2.24) is 9.80 Å². The van der Waals surface area contributed by atoms with Gasteiger partial charge in [-0.1, -0.05) is 12.1 Å². The summed E-state index contributed by atoms with van der Waals surface area (Å²) in [5, 5.41) is 2.54. The topological polar surface area (TPSA) is 105 Å². The van der Waals surface area contributed by atoms with Crippen molar-refractivity contribution in [2.24, 2.45) is 0 Å². The first-order valence-electron chi connectivity index (χ1n) is 10.7. The highest BCUT2D eigenvalue weighted by atomic mass is 19.3. The lowest BCUT2D eigenvalue weighted by Gasteiger charge is -2.28. The second kappa shape index (κ2) is 10.5. The number of hydrogen-bond donors (Lipinski definition) is 1. The molecule has 0 spiro atoms. The first-order valence-corrected chi connectivity index (χ1v) is 10.7. The van der Waals surface area contributed by atoms with Gasteiger partial charge in [-0.25, -0.2) is 0 Å². The maximum Gasteiger partial charge on any atom is 0.387 e. The predicted molar refractivity (Wildman–Crippen MR) is 122 cm³/mol. The molecule has 0 aliphatic carbocycles. The van der Waals surface area contributed by atoms with E-state index in [2.05, 4.69) is 10.1 Å². The normalized spacial score (nSPS) is 13.5. The van der Waals surface area contributed by atoms with Gasteiger partial charge in [0, 0.05) is 21.0 Å². The highest BCUT2D eigenvalue weighted by Gasteiger charge is 2.43. The summed E-state index contributed by atoms with van der Waals surface area (Å²) in [7, 11) is 3.06. The van der Waals surface area contributed by atoms with Crippen LogP contribution < -0.4 is 14.8 Å². The maximum absolute atomic E-state index is 13.5. The zero-order valence-electron chi connectivity index (χ0n) is 19.6.